The minimum Gasteiger partial charge on any atom is -0.491 e. The molecule has 3 aliphatic rings. The molecule has 0 radical (unpaired) electrons. The molecule has 2 fully saturated rings. The first kappa shape index (κ1) is 15.0. The minimum atomic E-state index is -0.000139. The predicted octanol–water partition coefficient (Wildman–Crippen LogP) is 1.30. The Hall–Kier alpha value is -0.880. The number of rotatable bonds is 2. The Kier molecular flexibility index (Phi) is 4.95. The van der Waals surface area contributed by atoms with E-state index in [1.807, 2.05) is 23.6 Å². The fourth-order valence-electron chi connectivity index (χ4n) is 3.24. The molecular weight excluding hydrogens is 288 g/mol. The summed E-state index contributed by atoms with van der Waals surface area (Å²) in [4.78, 5) is 17.0. The van der Waals surface area contributed by atoms with E-state index in [2.05, 4.69) is 4.90 Å². The van der Waals surface area contributed by atoms with Gasteiger partial charge in [-0.25, -0.2) is 0 Å². The first-order valence-electron chi connectivity index (χ1n) is 7.83. The zero-order valence-corrected chi connectivity index (χ0v) is 13.5. The SMILES string of the molecule is CC1=C(C(=O)N2CCC(N3CCSCC3)CC2)OCCO1. The van der Waals surface area contributed by atoms with Crippen LogP contribution < -0.4 is 0 Å². The second-order valence-electron chi connectivity index (χ2n) is 5.75. The van der Waals surface area contributed by atoms with Crippen LogP contribution in [0.25, 0.3) is 0 Å². The molecule has 5 nitrogen and oxygen atoms in total. The van der Waals surface area contributed by atoms with E-state index in [4.69, 9.17) is 9.47 Å². The maximum absolute atomic E-state index is 12.5. The number of ether oxygens (including phenoxy) is 2. The summed E-state index contributed by atoms with van der Waals surface area (Å²) >= 11 is 2.04. The lowest BCUT2D eigenvalue weighted by molar-refractivity contribution is -0.134. The third-order valence-corrected chi connectivity index (χ3v) is 5.42. The van der Waals surface area contributed by atoms with Crippen molar-refractivity contribution in [3.05, 3.63) is 11.5 Å². The molecule has 2 saturated heterocycles. The number of hydrogen-bond donors (Lipinski definition) is 0. The van der Waals surface area contributed by atoms with Gasteiger partial charge in [-0.3, -0.25) is 9.69 Å². The standard InChI is InChI=1S/C15H24N2O3S/c1-12-14(20-9-8-19-12)15(18)17-4-2-13(3-5-17)16-6-10-21-11-7-16/h13H,2-11H2,1H3. The van der Waals surface area contributed by atoms with E-state index in [0.717, 1.165) is 25.9 Å². The summed E-state index contributed by atoms with van der Waals surface area (Å²) in [7, 11) is 0. The molecule has 3 rings (SSSR count). The highest BCUT2D eigenvalue weighted by molar-refractivity contribution is 7.99. The normalized spacial score (nSPS) is 25.5. The van der Waals surface area contributed by atoms with Gasteiger partial charge in [0.1, 0.15) is 19.0 Å². The van der Waals surface area contributed by atoms with Gasteiger partial charge in [0.15, 0.2) is 0 Å². The molecule has 0 aromatic rings. The third-order valence-electron chi connectivity index (χ3n) is 4.48. The third kappa shape index (κ3) is 3.48. The van der Waals surface area contributed by atoms with E-state index < -0.39 is 0 Å². The molecule has 6 heteroatoms. The van der Waals surface area contributed by atoms with Crippen molar-refractivity contribution in [1.82, 2.24) is 9.80 Å². The summed E-state index contributed by atoms with van der Waals surface area (Å²) in [5, 5.41) is 0. The Morgan fingerprint density at radius 3 is 2.43 bits per heavy atom. The van der Waals surface area contributed by atoms with Crippen molar-refractivity contribution in [2.45, 2.75) is 25.8 Å². The zero-order valence-electron chi connectivity index (χ0n) is 12.7. The van der Waals surface area contributed by atoms with E-state index in [1.165, 1.54) is 24.6 Å². The molecule has 3 aliphatic heterocycles. The summed E-state index contributed by atoms with van der Waals surface area (Å²) in [5.74, 6) is 3.53. The largest absolute Gasteiger partial charge is 0.491 e. The Morgan fingerprint density at radius 2 is 1.76 bits per heavy atom. The number of carbonyl (C=O) groups excluding carboxylic acids is 1. The van der Waals surface area contributed by atoms with Crippen LogP contribution in [0.2, 0.25) is 0 Å². The van der Waals surface area contributed by atoms with E-state index in [-0.39, 0.29) is 5.91 Å². The van der Waals surface area contributed by atoms with Gasteiger partial charge in [-0.15, -0.1) is 0 Å². The van der Waals surface area contributed by atoms with Gasteiger partial charge in [0.2, 0.25) is 5.76 Å². The van der Waals surface area contributed by atoms with E-state index in [0.29, 0.717) is 30.8 Å². The average molecular weight is 312 g/mol. The first-order valence-corrected chi connectivity index (χ1v) is 8.98. The topological polar surface area (TPSA) is 42.0 Å². The molecular formula is C15H24N2O3S. The highest BCUT2D eigenvalue weighted by atomic mass is 32.2. The van der Waals surface area contributed by atoms with Gasteiger partial charge in [0, 0.05) is 43.7 Å². The van der Waals surface area contributed by atoms with Crippen LogP contribution in [0.3, 0.4) is 0 Å². The van der Waals surface area contributed by atoms with Crippen LogP contribution in [0.15, 0.2) is 11.5 Å². The zero-order chi connectivity index (χ0) is 14.7. The molecule has 1 amide bonds. The smallest absolute Gasteiger partial charge is 0.292 e. The van der Waals surface area contributed by atoms with Crippen LogP contribution in [-0.2, 0) is 14.3 Å². The van der Waals surface area contributed by atoms with Gasteiger partial charge in [0.05, 0.1) is 0 Å². The van der Waals surface area contributed by atoms with Crippen molar-refractivity contribution in [3.63, 3.8) is 0 Å². The quantitative estimate of drug-likeness (QED) is 0.769. The monoisotopic (exact) mass is 312 g/mol. The number of thioether (sulfide) groups is 1. The maximum atomic E-state index is 12.5. The van der Waals surface area contributed by atoms with Gasteiger partial charge in [-0.1, -0.05) is 0 Å². The van der Waals surface area contributed by atoms with Crippen LogP contribution in [-0.4, -0.2) is 72.6 Å². The van der Waals surface area contributed by atoms with E-state index in [1.54, 1.807) is 0 Å². The number of piperidine rings is 1. The van der Waals surface area contributed by atoms with Crippen LogP contribution >= 0.6 is 11.8 Å². The summed E-state index contributed by atoms with van der Waals surface area (Å²) < 4.78 is 10.9. The molecule has 3 heterocycles. The first-order chi connectivity index (χ1) is 10.3. The van der Waals surface area contributed by atoms with Crippen LogP contribution in [0.5, 0.6) is 0 Å². The molecule has 0 N–H and O–H groups in total. The summed E-state index contributed by atoms with van der Waals surface area (Å²) in [6.07, 6.45) is 2.15. The molecule has 0 unspecified atom stereocenters. The number of carbonyl (C=O) groups is 1. The van der Waals surface area contributed by atoms with Crippen molar-refractivity contribution in [2.24, 2.45) is 0 Å². The van der Waals surface area contributed by atoms with Crippen molar-refractivity contribution in [1.29, 1.82) is 0 Å². The van der Waals surface area contributed by atoms with Crippen LogP contribution in [0.1, 0.15) is 19.8 Å². The fraction of sp³-hybridized carbons (Fsp3) is 0.800. The van der Waals surface area contributed by atoms with Crippen LogP contribution in [0, 0.1) is 0 Å². The second kappa shape index (κ2) is 6.92. The molecule has 118 valence electrons. The average Bonchev–Trinajstić information content (AvgIpc) is 2.56. The number of nitrogens with zero attached hydrogens (tertiary/aromatic N) is 2. The molecule has 0 atom stereocenters. The number of likely N-dealkylation sites (tertiary alicyclic amines) is 1. The second-order valence-corrected chi connectivity index (χ2v) is 6.98. The highest BCUT2D eigenvalue weighted by Crippen LogP contribution is 2.23. The van der Waals surface area contributed by atoms with Gasteiger partial charge in [0.25, 0.3) is 5.91 Å². The number of amides is 1. The molecule has 0 aromatic carbocycles. The number of allylic oxidation sites excluding steroid dienone is 1. The lowest BCUT2D eigenvalue weighted by Gasteiger charge is -2.40. The number of hydrogen-bond acceptors (Lipinski definition) is 5. The maximum Gasteiger partial charge on any atom is 0.292 e. The van der Waals surface area contributed by atoms with Gasteiger partial charge in [-0.2, -0.15) is 11.8 Å². The Balaban J connectivity index is 1.54. The van der Waals surface area contributed by atoms with Crippen molar-refractivity contribution in [3.8, 4) is 0 Å². The lowest BCUT2D eigenvalue weighted by atomic mass is 10.0. The van der Waals surface area contributed by atoms with Crippen LogP contribution in [0.4, 0.5) is 0 Å². The summed E-state index contributed by atoms with van der Waals surface area (Å²) in [6, 6.07) is 0.647. The van der Waals surface area contributed by atoms with Gasteiger partial charge in [-0.05, 0) is 19.8 Å². The van der Waals surface area contributed by atoms with Crippen molar-refractivity contribution < 1.29 is 14.3 Å². The van der Waals surface area contributed by atoms with E-state index >= 15 is 0 Å². The summed E-state index contributed by atoms with van der Waals surface area (Å²) in [5.41, 5.74) is 0. The molecule has 0 bridgehead atoms. The minimum absolute atomic E-state index is 0.000139. The van der Waals surface area contributed by atoms with Gasteiger partial charge < -0.3 is 14.4 Å². The summed E-state index contributed by atoms with van der Waals surface area (Å²) in [6.45, 7) is 6.87. The van der Waals surface area contributed by atoms with E-state index in [9.17, 15) is 4.79 Å². The fourth-order valence-corrected chi connectivity index (χ4v) is 4.17. The van der Waals surface area contributed by atoms with Gasteiger partial charge >= 0.3 is 0 Å². The Morgan fingerprint density at radius 1 is 1.10 bits per heavy atom. The molecule has 21 heavy (non-hydrogen) atoms. The lowest BCUT2D eigenvalue weighted by Crippen LogP contribution is -2.49. The van der Waals surface area contributed by atoms with Crippen molar-refractivity contribution >= 4 is 17.7 Å². The molecule has 0 aromatic heterocycles. The Labute approximate surface area is 130 Å². The molecule has 0 spiro atoms. The molecule has 0 saturated carbocycles. The predicted molar refractivity (Wildman–Crippen MR) is 83.1 cm³/mol. The molecule has 0 aliphatic carbocycles. The Bertz CT molecular complexity index is 413. The van der Waals surface area contributed by atoms with Crippen molar-refractivity contribution in [2.75, 3.05) is 50.9 Å². The highest BCUT2D eigenvalue weighted by Gasteiger charge is 2.31.